The Labute approximate surface area is 92.4 Å². The summed E-state index contributed by atoms with van der Waals surface area (Å²) in [5.41, 5.74) is 6.43. The number of aromatic nitrogens is 2. The molecule has 1 saturated heterocycles. The highest BCUT2D eigenvalue weighted by molar-refractivity contribution is 7.99. The summed E-state index contributed by atoms with van der Waals surface area (Å²) in [6, 6.07) is 0.268. The molecule has 82 valence electrons. The van der Waals surface area contributed by atoms with Crippen molar-refractivity contribution in [1.29, 1.82) is 0 Å². The fourth-order valence-electron chi connectivity index (χ4n) is 1.59. The first-order valence-electron chi connectivity index (χ1n) is 4.84. The van der Waals surface area contributed by atoms with E-state index < -0.39 is 0 Å². The number of carbonyl (C=O) groups excluding carboxylic acids is 1. The van der Waals surface area contributed by atoms with Gasteiger partial charge in [0.1, 0.15) is 0 Å². The van der Waals surface area contributed by atoms with Crippen molar-refractivity contribution >= 4 is 23.4 Å². The number of aryl methyl sites for hydroxylation is 1. The van der Waals surface area contributed by atoms with E-state index in [2.05, 4.69) is 10.4 Å². The third kappa shape index (κ3) is 2.26. The van der Waals surface area contributed by atoms with E-state index in [0.717, 1.165) is 17.9 Å². The summed E-state index contributed by atoms with van der Waals surface area (Å²) in [5, 5.41) is 6.96. The third-order valence-corrected chi connectivity index (χ3v) is 3.50. The van der Waals surface area contributed by atoms with Gasteiger partial charge in [-0.2, -0.15) is 16.9 Å². The number of hydrogen-bond acceptors (Lipinski definition) is 4. The standard InChI is InChI=1S/C9H14N4OS/c1-13-4-7(10)8(12-13)9(14)11-6-2-3-15-5-6/h4,6H,2-3,5,10H2,1H3,(H,11,14). The van der Waals surface area contributed by atoms with Crippen molar-refractivity contribution in [3.8, 4) is 0 Å². The first-order valence-corrected chi connectivity index (χ1v) is 6.00. The van der Waals surface area contributed by atoms with Gasteiger partial charge < -0.3 is 11.1 Å². The number of amides is 1. The lowest BCUT2D eigenvalue weighted by Gasteiger charge is -2.09. The Morgan fingerprint density at radius 3 is 3.13 bits per heavy atom. The first-order chi connectivity index (χ1) is 7.16. The Kier molecular flexibility index (Phi) is 2.86. The predicted molar refractivity (Wildman–Crippen MR) is 60.8 cm³/mol. The second-order valence-corrected chi connectivity index (χ2v) is 4.79. The topological polar surface area (TPSA) is 72.9 Å². The number of anilines is 1. The van der Waals surface area contributed by atoms with E-state index in [0.29, 0.717) is 11.4 Å². The Morgan fingerprint density at radius 2 is 2.60 bits per heavy atom. The molecule has 1 unspecified atom stereocenters. The fourth-order valence-corrected chi connectivity index (χ4v) is 2.74. The summed E-state index contributed by atoms with van der Waals surface area (Å²) in [6.45, 7) is 0. The van der Waals surface area contributed by atoms with Crippen LogP contribution in [-0.4, -0.2) is 33.2 Å². The summed E-state index contributed by atoms with van der Waals surface area (Å²) < 4.78 is 1.55. The minimum Gasteiger partial charge on any atom is -0.396 e. The van der Waals surface area contributed by atoms with Crippen molar-refractivity contribution in [2.75, 3.05) is 17.2 Å². The van der Waals surface area contributed by atoms with E-state index in [1.807, 2.05) is 11.8 Å². The molecule has 0 radical (unpaired) electrons. The van der Waals surface area contributed by atoms with Crippen LogP contribution in [0.2, 0.25) is 0 Å². The lowest BCUT2D eigenvalue weighted by atomic mass is 10.2. The molecule has 6 heteroatoms. The monoisotopic (exact) mass is 226 g/mol. The number of rotatable bonds is 2. The van der Waals surface area contributed by atoms with Crippen LogP contribution in [0.1, 0.15) is 16.9 Å². The molecule has 15 heavy (non-hydrogen) atoms. The third-order valence-electron chi connectivity index (χ3n) is 2.34. The first kappa shape index (κ1) is 10.4. The highest BCUT2D eigenvalue weighted by Crippen LogP contribution is 2.18. The summed E-state index contributed by atoms with van der Waals surface area (Å²) in [5.74, 6) is 1.93. The highest BCUT2D eigenvalue weighted by atomic mass is 32.2. The van der Waals surface area contributed by atoms with Gasteiger partial charge >= 0.3 is 0 Å². The molecule has 0 aliphatic carbocycles. The predicted octanol–water partition coefficient (Wildman–Crippen LogP) is 0.238. The van der Waals surface area contributed by atoms with E-state index in [-0.39, 0.29) is 11.9 Å². The van der Waals surface area contributed by atoms with Crippen LogP contribution in [0, 0.1) is 0 Å². The molecule has 0 bridgehead atoms. The molecule has 0 saturated carbocycles. The summed E-state index contributed by atoms with van der Waals surface area (Å²) in [6.07, 6.45) is 2.67. The fraction of sp³-hybridized carbons (Fsp3) is 0.556. The average molecular weight is 226 g/mol. The van der Waals surface area contributed by atoms with Gasteiger partial charge in [0.25, 0.3) is 5.91 Å². The van der Waals surface area contributed by atoms with E-state index in [1.54, 1.807) is 17.9 Å². The van der Waals surface area contributed by atoms with Crippen molar-refractivity contribution in [1.82, 2.24) is 15.1 Å². The quantitative estimate of drug-likeness (QED) is 0.757. The minimum absolute atomic E-state index is 0.166. The van der Waals surface area contributed by atoms with E-state index in [4.69, 9.17) is 5.73 Å². The van der Waals surface area contributed by atoms with Gasteiger partial charge in [0.2, 0.25) is 0 Å². The van der Waals surface area contributed by atoms with Crippen molar-refractivity contribution in [3.05, 3.63) is 11.9 Å². The second-order valence-electron chi connectivity index (χ2n) is 3.64. The van der Waals surface area contributed by atoms with Gasteiger partial charge in [-0.25, -0.2) is 0 Å². The molecule has 1 amide bonds. The van der Waals surface area contributed by atoms with E-state index >= 15 is 0 Å². The van der Waals surface area contributed by atoms with Gasteiger partial charge in [-0.05, 0) is 12.2 Å². The van der Waals surface area contributed by atoms with Crippen LogP contribution in [0.4, 0.5) is 5.69 Å². The van der Waals surface area contributed by atoms with Gasteiger partial charge in [0, 0.05) is 25.0 Å². The Hall–Kier alpha value is -1.17. The highest BCUT2D eigenvalue weighted by Gasteiger charge is 2.21. The number of hydrogen-bond donors (Lipinski definition) is 2. The Bertz CT molecular complexity index is 370. The van der Waals surface area contributed by atoms with E-state index in [1.165, 1.54) is 0 Å². The molecule has 0 aromatic carbocycles. The zero-order valence-electron chi connectivity index (χ0n) is 8.56. The minimum atomic E-state index is -0.166. The maximum atomic E-state index is 11.8. The van der Waals surface area contributed by atoms with Crippen molar-refractivity contribution in [2.24, 2.45) is 7.05 Å². The summed E-state index contributed by atoms with van der Waals surface area (Å²) in [7, 11) is 1.75. The largest absolute Gasteiger partial charge is 0.396 e. The molecule has 2 heterocycles. The number of carbonyl (C=O) groups is 1. The van der Waals surface area contributed by atoms with Crippen LogP contribution in [0.15, 0.2) is 6.20 Å². The lowest BCUT2D eigenvalue weighted by molar-refractivity contribution is 0.0936. The molecule has 1 atom stereocenters. The van der Waals surface area contributed by atoms with Gasteiger partial charge in [-0.3, -0.25) is 9.48 Å². The molecule has 1 aliphatic rings. The normalized spacial score (nSPS) is 20.5. The SMILES string of the molecule is Cn1cc(N)c(C(=O)NC2CCSC2)n1. The average Bonchev–Trinajstić information content (AvgIpc) is 2.75. The summed E-state index contributed by atoms with van der Waals surface area (Å²) >= 11 is 1.86. The van der Waals surface area contributed by atoms with Gasteiger partial charge in [-0.15, -0.1) is 0 Å². The number of nitrogens with one attached hydrogen (secondary N) is 1. The molecule has 5 nitrogen and oxygen atoms in total. The van der Waals surface area contributed by atoms with Crippen LogP contribution < -0.4 is 11.1 Å². The maximum Gasteiger partial charge on any atom is 0.274 e. The van der Waals surface area contributed by atoms with Crippen molar-refractivity contribution in [3.63, 3.8) is 0 Å². The van der Waals surface area contributed by atoms with Crippen LogP contribution in [0.25, 0.3) is 0 Å². The molecule has 2 rings (SSSR count). The van der Waals surface area contributed by atoms with Crippen LogP contribution in [0.5, 0.6) is 0 Å². The molecule has 1 fully saturated rings. The number of nitrogens with two attached hydrogens (primary N) is 1. The Balaban J connectivity index is 2.03. The number of thioether (sulfide) groups is 1. The van der Waals surface area contributed by atoms with Crippen LogP contribution >= 0.6 is 11.8 Å². The molecular weight excluding hydrogens is 212 g/mol. The van der Waals surface area contributed by atoms with Crippen molar-refractivity contribution < 1.29 is 4.79 Å². The zero-order valence-corrected chi connectivity index (χ0v) is 9.38. The zero-order chi connectivity index (χ0) is 10.8. The van der Waals surface area contributed by atoms with Crippen LogP contribution in [0.3, 0.4) is 0 Å². The number of nitrogen functional groups attached to an aromatic ring is 1. The Morgan fingerprint density at radius 1 is 1.80 bits per heavy atom. The smallest absolute Gasteiger partial charge is 0.274 e. The molecule has 1 aromatic heterocycles. The van der Waals surface area contributed by atoms with Gasteiger partial charge in [0.15, 0.2) is 5.69 Å². The molecular formula is C9H14N4OS. The molecule has 1 aromatic rings. The molecule has 0 spiro atoms. The van der Waals surface area contributed by atoms with E-state index in [9.17, 15) is 4.79 Å². The van der Waals surface area contributed by atoms with Gasteiger partial charge in [0.05, 0.1) is 5.69 Å². The van der Waals surface area contributed by atoms with Gasteiger partial charge in [-0.1, -0.05) is 0 Å². The number of nitrogens with zero attached hydrogens (tertiary/aromatic N) is 2. The summed E-state index contributed by atoms with van der Waals surface area (Å²) in [4.78, 5) is 11.8. The van der Waals surface area contributed by atoms with Crippen molar-refractivity contribution in [2.45, 2.75) is 12.5 Å². The van der Waals surface area contributed by atoms with Crippen LogP contribution in [-0.2, 0) is 7.05 Å². The lowest BCUT2D eigenvalue weighted by Crippen LogP contribution is -2.35. The molecule has 1 aliphatic heterocycles. The molecule has 3 N–H and O–H groups in total. The maximum absolute atomic E-state index is 11.8. The second kappa shape index (κ2) is 4.14.